The molecule has 0 saturated carbocycles. The number of hydrogen-bond acceptors (Lipinski definition) is 1. The first-order valence-electron chi connectivity index (χ1n) is 3.45. The van der Waals surface area contributed by atoms with E-state index in [0.29, 0.717) is 0 Å². The summed E-state index contributed by atoms with van der Waals surface area (Å²) in [5.41, 5.74) is 0. The van der Waals surface area contributed by atoms with Gasteiger partial charge in [-0.3, -0.25) is 0 Å². The van der Waals surface area contributed by atoms with Gasteiger partial charge in [-0.25, -0.2) is 4.79 Å². The predicted molar refractivity (Wildman–Crippen MR) is 42.2 cm³/mol. The quantitative estimate of drug-likeness (QED) is 0.595. The molecule has 0 atom stereocenters. The highest BCUT2D eigenvalue weighted by molar-refractivity contribution is 5.63. The molecule has 0 radical (unpaired) electrons. The standard InChI is InChI=1S/C5H12.C2H5NO2/c1-4-5(2)3;1-3-2(4)5/h5H,4H2,1-3H3;3H,1H3,(H,4,5). The van der Waals surface area contributed by atoms with Crippen LogP contribution < -0.4 is 5.32 Å². The lowest BCUT2D eigenvalue weighted by Crippen LogP contribution is -2.13. The van der Waals surface area contributed by atoms with E-state index < -0.39 is 6.09 Å². The smallest absolute Gasteiger partial charge is 0.404 e. The average molecular weight is 147 g/mol. The van der Waals surface area contributed by atoms with Crippen molar-refractivity contribution < 1.29 is 9.90 Å². The van der Waals surface area contributed by atoms with Crippen LogP contribution in [0.4, 0.5) is 4.79 Å². The number of carbonyl (C=O) groups is 1. The van der Waals surface area contributed by atoms with Crippen LogP contribution in [0.5, 0.6) is 0 Å². The maximum atomic E-state index is 9.26. The van der Waals surface area contributed by atoms with Crippen LogP contribution in [0.25, 0.3) is 0 Å². The Bertz CT molecular complexity index is 81.7. The van der Waals surface area contributed by atoms with E-state index >= 15 is 0 Å². The summed E-state index contributed by atoms with van der Waals surface area (Å²) in [4.78, 5) is 9.26. The zero-order valence-corrected chi connectivity index (χ0v) is 7.14. The first-order valence-corrected chi connectivity index (χ1v) is 3.45. The largest absolute Gasteiger partial charge is 0.465 e. The van der Waals surface area contributed by atoms with Gasteiger partial charge in [0.2, 0.25) is 0 Å². The van der Waals surface area contributed by atoms with E-state index in [1.807, 2.05) is 5.32 Å². The van der Waals surface area contributed by atoms with Crippen molar-refractivity contribution in [3.8, 4) is 0 Å². The van der Waals surface area contributed by atoms with Gasteiger partial charge >= 0.3 is 6.09 Å². The molecular formula is C7H17NO2. The summed E-state index contributed by atoms with van der Waals surface area (Å²) in [6.07, 6.45) is 0.310. The zero-order valence-electron chi connectivity index (χ0n) is 7.14. The molecule has 3 heteroatoms. The summed E-state index contributed by atoms with van der Waals surface area (Å²) >= 11 is 0. The van der Waals surface area contributed by atoms with Crippen LogP contribution in [0, 0.1) is 5.92 Å². The third-order valence-corrected chi connectivity index (χ3v) is 1.03. The number of rotatable bonds is 1. The number of hydrogen-bond donors (Lipinski definition) is 2. The van der Waals surface area contributed by atoms with Gasteiger partial charge in [0.15, 0.2) is 0 Å². The van der Waals surface area contributed by atoms with Crippen molar-refractivity contribution in [1.29, 1.82) is 0 Å². The molecule has 0 rings (SSSR count). The molecule has 0 aromatic heterocycles. The molecule has 10 heavy (non-hydrogen) atoms. The molecule has 0 aromatic carbocycles. The molecule has 0 heterocycles. The van der Waals surface area contributed by atoms with Crippen LogP contribution in [-0.4, -0.2) is 18.2 Å². The van der Waals surface area contributed by atoms with Gasteiger partial charge in [-0.2, -0.15) is 0 Å². The Hall–Kier alpha value is -0.730. The molecule has 2 N–H and O–H groups in total. The third kappa shape index (κ3) is 26.7. The highest BCUT2D eigenvalue weighted by Gasteiger charge is 1.80. The molecule has 0 aliphatic rings. The molecule has 0 aliphatic carbocycles. The summed E-state index contributed by atoms with van der Waals surface area (Å²) in [6, 6.07) is 0. The molecule has 1 amide bonds. The van der Waals surface area contributed by atoms with Crippen LogP contribution >= 0.6 is 0 Å². The summed E-state index contributed by atoms with van der Waals surface area (Å²) in [6.45, 7) is 6.64. The fourth-order valence-electron chi connectivity index (χ4n) is 0. The van der Waals surface area contributed by atoms with Crippen LogP contribution in [0.2, 0.25) is 0 Å². The van der Waals surface area contributed by atoms with Crippen molar-refractivity contribution in [1.82, 2.24) is 5.32 Å². The van der Waals surface area contributed by atoms with E-state index in [2.05, 4.69) is 20.8 Å². The van der Waals surface area contributed by atoms with E-state index in [1.54, 1.807) is 0 Å². The minimum absolute atomic E-state index is 0.884. The first-order chi connectivity index (χ1) is 4.54. The van der Waals surface area contributed by atoms with Gasteiger partial charge in [-0.05, 0) is 5.92 Å². The second-order valence-electron chi connectivity index (χ2n) is 2.36. The molecule has 0 aliphatic heterocycles. The highest BCUT2D eigenvalue weighted by Crippen LogP contribution is 1.93. The fraction of sp³-hybridized carbons (Fsp3) is 0.857. The molecule has 0 unspecified atom stereocenters. The Labute approximate surface area is 62.4 Å². The summed E-state index contributed by atoms with van der Waals surface area (Å²) in [7, 11) is 1.35. The SMILES string of the molecule is CCC(C)C.CNC(=O)O. The van der Waals surface area contributed by atoms with E-state index in [0.717, 1.165) is 5.92 Å². The van der Waals surface area contributed by atoms with Crippen LogP contribution in [0.3, 0.4) is 0 Å². The molecule has 0 fully saturated rings. The van der Waals surface area contributed by atoms with Crippen molar-refractivity contribution in [2.45, 2.75) is 27.2 Å². The fourth-order valence-corrected chi connectivity index (χ4v) is 0. The third-order valence-electron chi connectivity index (χ3n) is 1.03. The zero-order chi connectivity index (χ0) is 8.57. The van der Waals surface area contributed by atoms with Gasteiger partial charge < -0.3 is 10.4 Å². The second kappa shape index (κ2) is 8.27. The van der Waals surface area contributed by atoms with Crippen molar-refractivity contribution in [2.24, 2.45) is 5.92 Å². The number of nitrogens with one attached hydrogen (secondary N) is 1. The van der Waals surface area contributed by atoms with Crippen molar-refractivity contribution in [3.05, 3.63) is 0 Å². The highest BCUT2D eigenvalue weighted by atomic mass is 16.4. The summed E-state index contributed by atoms with van der Waals surface area (Å²) in [5, 5.41) is 9.56. The number of carboxylic acid groups (broad SMARTS) is 1. The van der Waals surface area contributed by atoms with Crippen LogP contribution in [0.15, 0.2) is 0 Å². The summed E-state index contributed by atoms with van der Waals surface area (Å²) in [5.74, 6) is 0.884. The topological polar surface area (TPSA) is 49.3 Å². The first kappa shape index (κ1) is 12.0. The molecule has 0 spiro atoms. The Balaban J connectivity index is 0. The van der Waals surface area contributed by atoms with E-state index in [1.165, 1.54) is 13.5 Å². The Kier molecular flexibility index (Phi) is 9.92. The minimum atomic E-state index is -0.995. The maximum absolute atomic E-state index is 9.26. The molecule has 3 nitrogen and oxygen atoms in total. The maximum Gasteiger partial charge on any atom is 0.404 e. The molecule has 0 aromatic rings. The van der Waals surface area contributed by atoms with Gasteiger partial charge in [-0.15, -0.1) is 0 Å². The van der Waals surface area contributed by atoms with E-state index in [4.69, 9.17) is 5.11 Å². The second-order valence-corrected chi connectivity index (χ2v) is 2.36. The Morgan fingerprint density at radius 2 is 1.80 bits per heavy atom. The lowest BCUT2D eigenvalue weighted by Gasteiger charge is -1.90. The van der Waals surface area contributed by atoms with Gasteiger partial charge in [-0.1, -0.05) is 27.2 Å². The van der Waals surface area contributed by atoms with Crippen molar-refractivity contribution in [2.75, 3.05) is 7.05 Å². The van der Waals surface area contributed by atoms with Gasteiger partial charge in [0.1, 0.15) is 0 Å². The lowest BCUT2D eigenvalue weighted by molar-refractivity contribution is 0.197. The minimum Gasteiger partial charge on any atom is -0.465 e. The van der Waals surface area contributed by atoms with E-state index in [9.17, 15) is 4.79 Å². The van der Waals surface area contributed by atoms with Crippen molar-refractivity contribution in [3.63, 3.8) is 0 Å². The van der Waals surface area contributed by atoms with Crippen LogP contribution in [0.1, 0.15) is 27.2 Å². The average Bonchev–Trinajstić information content (AvgIpc) is 1.89. The van der Waals surface area contributed by atoms with Gasteiger partial charge in [0, 0.05) is 7.05 Å². The molecule has 0 saturated heterocycles. The lowest BCUT2D eigenvalue weighted by atomic mass is 10.2. The monoisotopic (exact) mass is 147 g/mol. The normalized spacial score (nSPS) is 8.10. The van der Waals surface area contributed by atoms with Crippen LogP contribution in [-0.2, 0) is 0 Å². The molecule has 0 bridgehead atoms. The predicted octanol–water partition coefficient (Wildman–Crippen LogP) is 1.94. The number of amides is 1. The van der Waals surface area contributed by atoms with E-state index in [-0.39, 0.29) is 0 Å². The Morgan fingerprint density at radius 3 is 1.80 bits per heavy atom. The molecule has 62 valence electrons. The van der Waals surface area contributed by atoms with Gasteiger partial charge in [0.25, 0.3) is 0 Å². The van der Waals surface area contributed by atoms with Crippen molar-refractivity contribution >= 4 is 6.09 Å². The summed E-state index contributed by atoms with van der Waals surface area (Å²) < 4.78 is 0. The van der Waals surface area contributed by atoms with Gasteiger partial charge in [0.05, 0.1) is 0 Å². The Morgan fingerprint density at radius 1 is 1.60 bits per heavy atom. The molecular weight excluding hydrogens is 130 g/mol.